The van der Waals surface area contributed by atoms with Crippen molar-refractivity contribution in [2.24, 2.45) is 0 Å². The number of carbonyl (C=O) groups is 1. The third-order valence-electron chi connectivity index (χ3n) is 3.56. The molecule has 10 heteroatoms. The SMILES string of the molecule is CC(=O)NCCS(=O)(=O)Cc1cc(N2CCOC[C@@H]2C)nc(Cl)n1. The molecule has 0 radical (unpaired) electrons. The van der Waals surface area contributed by atoms with E-state index in [0.29, 0.717) is 31.3 Å². The predicted molar refractivity (Wildman–Crippen MR) is 90.8 cm³/mol. The number of rotatable bonds is 6. The first-order chi connectivity index (χ1) is 11.3. The number of nitrogens with one attached hydrogen (secondary N) is 1. The molecule has 0 spiro atoms. The van der Waals surface area contributed by atoms with Gasteiger partial charge in [-0.1, -0.05) is 0 Å². The van der Waals surface area contributed by atoms with Gasteiger partial charge in [-0.05, 0) is 18.5 Å². The van der Waals surface area contributed by atoms with Gasteiger partial charge in [0.2, 0.25) is 11.2 Å². The van der Waals surface area contributed by atoms with E-state index in [9.17, 15) is 13.2 Å². The van der Waals surface area contributed by atoms with Crippen molar-refractivity contribution in [3.8, 4) is 0 Å². The number of ether oxygens (including phenoxy) is 1. The first kappa shape index (κ1) is 18.9. The molecule has 8 nitrogen and oxygen atoms in total. The summed E-state index contributed by atoms with van der Waals surface area (Å²) in [5.41, 5.74) is 0.339. The Kier molecular flexibility index (Phi) is 6.36. The molecular weight excluding hydrogens is 356 g/mol. The van der Waals surface area contributed by atoms with Crippen molar-refractivity contribution in [2.75, 3.05) is 37.0 Å². The molecule has 2 heterocycles. The van der Waals surface area contributed by atoms with E-state index in [1.165, 1.54) is 6.92 Å². The van der Waals surface area contributed by atoms with E-state index < -0.39 is 9.84 Å². The Labute approximate surface area is 146 Å². The number of hydrogen-bond donors (Lipinski definition) is 1. The Morgan fingerprint density at radius 3 is 2.92 bits per heavy atom. The minimum atomic E-state index is -3.41. The molecule has 0 unspecified atom stereocenters. The number of hydrogen-bond acceptors (Lipinski definition) is 7. The molecule has 1 aromatic rings. The number of sulfone groups is 1. The molecule has 1 atom stereocenters. The lowest BCUT2D eigenvalue weighted by Gasteiger charge is -2.34. The second-order valence-corrected chi connectivity index (χ2v) is 8.20. The Morgan fingerprint density at radius 1 is 1.50 bits per heavy atom. The van der Waals surface area contributed by atoms with E-state index in [1.807, 2.05) is 11.8 Å². The molecule has 0 aliphatic carbocycles. The van der Waals surface area contributed by atoms with Crippen LogP contribution in [0.4, 0.5) is 5.82 Å². The molecule has 0 saturated carbocycles. The first-order valence-corrected chi connectivity index (χ1v) is 9.79. The fourth-order valence-electron chi connectivity index (χ4n) is 2.42. The molecule has 2 rings (SSSR count). The molecule has 1 fully saturated rings. The molecular formula is C14H21ClN4O4S. The largest absolute Gasteiger partial charge is 0.377 e. The van der Waals surface area contributed by atoms with Crippen LogP contribution in [0, 0.1) is 0 Å². The summed E-state index contributed by atoms with van der Waals surface area (Å²) in [5.74, 6) is -0.0744. The highest BCUT2D eigenvalue weighted by molar-refractivity contribution is 7.90. The number of nitrogens with zero attached hydrogens (tertiary/aromatic N) is 3. The van der Waals surface area contributed by atoms with Crippen molar-refractivity contribution >= 4 is 33.2 Å². The number of halogens is 1. The van der Waals surface area contributed by atoms with Gasteiger partial charge in [-0.25, -0.2) is 18.4 Å². The summed E-state index contributed by atoms with van der Waals surface area (Å²) in [6.07, 6.45) is 0. The predicted octanol–water partition coefficient (Wildman–Crippen LogP) is 0.406. The smallest absolute Gasteiger partial charge is 0.224 e. The summed E-state index contributed by atoms with van der Waals surface area (Å²) in [6, 6.07) is 1.76. The highest BCUT2D eigenvalue weighted by Gasteiger charge is 2.22. The van der Waals surface area contributed by atoms with Crippen molar-refractivity contribution in [1.82, 2.24) is 15.3 Å². The van der Waals surface area contributed by atoms with Crippen molar-refractivity contribution in [2.45, 2.75) is 25.6 Å². The van der Waals surface area contributed by atoms with Crippen LogP contribution >= 0.6 is 11.6 Å². The van der Waals surface area contributed by atoms with E-state index in [4.69, 9.17) is 16.3 Å². The maximum Gasteiger partial charge on any atom is 0.224 e. The van der Waals surface area contributed by atoms with Crippen LogP contribution in [0.2, 0.25) is 5.28 Å². The average Bonchev–Trinajstić information content (AvgIpc) is 2.45. The van der Waals surface area contributed by atoms with Gasteiger partial charge in [-0.2, -0.15) is 0 Å². The summed E-state index contributed by atoms with van der Waals surface area (Å²) in [4.78, 5) is 21.0. The van der Waals surface area contributed by atoms with Gasteiger partial charge < -0.3 is 15.0 Å². The third kappa shape index (κ3) is 5.57. The molecule has 1 amide bonds. The van der Waals surface area contributed by atoms with Gasteiger partial charge in [-0.3, -0.25) is 4.79 Å². The topological polar surface area (TPSA) is 101 Å². The second-order valence-electron chi connectivity index (χ2n) is 5.68. The monoisotopic (exact) mass is 376 g/mol. The van der Waals surface area contributed by atoms with Crippen LogP contribution in [0.1, 0.15) is 19.5 Å². The molecule has 1 aliphatic heterocycles. The van der Waals surface area contributed by atoms with Gasteiger partial charge in [-0.15, -0.1) is 0 Å². The number of anilines is 1. The molecule has 1 N–H and O–H groups in total. The minimum absolute atomic E-state index is 0.0123. The van der Waals surface area contributed by atoms with Gasteiger partial charge in [0.1, 0.15) is 5.82 Å². The van der Waals surface area contributed by atoms with Gasteiger partial charge >= 0.3 is 0 Å². The maximum absolute atomic E-state index is 12.2. The summed E-state index contributed by atoms with van der Waals surface area (Å²) >= 11 is 5.96. The van der Waals surface area contributed by atoms with Crippen molar-refractivity contribution in [3.63, 3.8) is 0 Å². The second kappa shape index (κ2) is 8.09. The van der Waals surface area contributed by atoms with E-state index in [2.05, 4.69) is 15.3 Å². The highest BCUT2D eigenvalue weighted by Crippen LogP contribution is 2.21. The van der Waals surface area contributed by atoms with Crippen LogP contribution in [0.15, 0.2) is 6.07 Å². The third-order valence-corrected chi connectivity index (χ3v) is 5.29. The summed E-state index contributed by atoms with van der Waals surface area (Å²) in [5, 5.41) is 2.48. The van der Waals surface area contributed by atoms with Crippen LogP contribution in [0.5, 0.6) is 0 Å². The van der Waals surface area contributed by atoms with Crippen molar-refractivity contribution in [3.05, 3.63) is 17.0 Å². The van der Waals surface area contributed by atoms with Crippen molar-refractivity contribution < 1.29 is 17.9 Å². The van der Waals surface area contributed by atoms with Crippen molar-refractivity contribution in [1.29, 1.82) is 0 Å². The molecule has 1 saturated heterocycles. The van der Waals surface area contributed by atoms with Crippen LogP contribution in [0.25, 0.3) is 0 Å². The number of aromatic nitrogens is 2. The van der Waals surface area contributed by atoms with Gasteiger partial charge in [0.25, 0.3) is 0 Å². The van der Waals surface area contributed by atoms with Crippen LogP contribution < -0.4 is 10.2 Å². The Bertz CT molecular complexity index is 698. The first-order valence-electron chi connectivity index (χ1n) is 7.59. The lowest BCUT2D eigenvalue weighted by Crippen LogP contribution is -2.44. The lowest BCUT2D eigenvalue weighted by molar-refractivity contribution is -0.118. The quantitative estimate of drug-likeness (QED) is 0.717. The molecule has 1 aliphatic rings. The van der Waals surface area contributed by atoms with Crippen LogP contribution in [0.3, 0.4) is 0 Å². The lowest BCUT2D eigenvalue weighted by atomic mass is 10.2. The van der Waals surface area contributed by atoms with E-state index in [1.54, 1.807) is 6.07 Å². The van der Waals surface area contributed by atoms with Gasteiger partial charge in [0.05, 0.1) is 36.5 Å². The molecule has 0 aromatic carbocycles. The zero-order valence-corrected chi connectivity index (χ0v) is 15.2. The molecule has 1 aromatic heterocycles. The number of morpholine rings is 1. The Morgan fingerprint density at radius 2 is 2.25 bits per heavy atom. The summed E-state index contributed by atoms with van der Waals surface area (Å²) < 4.78 is 29.7. The Hall–Kier alpha value is -1.45. The van der Waals surface area contributed by atoms with Crippen LogP contribution in [-0.2, 0) is 25.1 Å². The fourth-order valence-corrected chi connectivity index (χ4v) is 3.77. The summed E-state index contributed by atoms with van der Waals surface area (Å²) in [7, 11) is -3.41. The van der Waals surface area contributed by atoms with Gasteiger partial charge in [0.15, 0.2) is 9.84 Å². The van der Waals surface area contributed by atoms with Gasteiger partial charge in [0, 0.05) is 26.1 Å². The van der Waals surface area contributed by atoms with E-state index >= 15 is 0 Å². The fraction of sp³-hybridized carbons (Fsp3) is 0.643. The highest BCUT2D eigenvalue weighted by atomic mass is 35.5. The zero-order valence-electron chi connectivity index (χ0n) is 13.7. The summed E-state index contributed by atoms with van der Waals surface area (Å²) in [6.45, 7) is 5.22. The minimum Gasteiger partial charge on any atom is -0.377 e. The molecule has 0 bridgehead atoms. The Balaban J connectivity index is 2.11. The maximum atomic E-state index is 12.2. The standard InChI is InChI=1S/C14H21ClN4O4S/c1-10-8-23-5-4-19(10)13-7-12(17-14(15)18-13)9-24(21,22)6-3-16-11(2)20/h7,10H,3-6,8-9H2,1-2H3,(H,16,20)/t10-/m0/s1. The van der Waals surface area contributed by atoms with Crippen LogP contribution in [-0.4, -0.2) is 62.4 Å². The van der Waals surface area contributed by atoms with E-state index in [0.717, 1.165) is 0 Å². The average molecular weight is 377 g/mol. The zero-order chi connectivity index (χ0) is 17.7. The normalized spacial score (nSPS) is 18.5. The molecule has 134 valence electrons. The van der Waals surface area contributed by atoms with E-state index in [-0.39, 0.29) is 35.3 Å². The number of amides is 1. The molecule has 24 heavy (non-hydrogen) atoms. The number of carbonyl (C=O) groups excluding carboxylic acids is 1.